The maximum atomic E-state index is 6.71. The van der Waals surface area contributed by atoms with Crippen molar-refractivity contribution in [2.24, 2.45) is 0 Å². The first-order chi connectivity index (χ1) is 12.3. The van der Waals surface area contributed by atoms with Crippen molar-refractivity contribution in [3.05, 3.63) is 41.7 Å². The van der Waals surface area contributed by atoms with Crippen LogP contribution in [0, 0.1) is 0 Å². The highest BCUT2D eigenvalue weighted by atomic mass is 16.5. The van der Waals surface area contributed by atoms with Crippen LogP contribution >= 0.6 is 0 Å². The molecular weight excluding hydrogens is 307 g/mol. The van der Waals surface area contributed by atoms with Crippen molar-refractivity contribution in [1.29, 1.82) is 0 Å². The van der Waals surface area contributed by atoms with Crippen molar-refractivity contribution in [3.8, 4) is 5.75 Å². The molecular formula is C22H31BO2. The van der Waals surface area contributed by atoms with Crippen LogP contribution in [0.2, 0.25) is 11.6 Å². The number of rotatable bonds is 4. The third-order valence-electron chi connectivity index (χ3n) is 6.64. The number of hydrogen-bond acceptors (Lipinski definition) is 2. The van der Waals surface area contributed by atoms with Gasteiger partial charge < -0.3 is 9.39 Å². The molecule has 0 radical (unpaired) electrons. The zero-order valence-corrected chi connectivity index (χ0v) is 15.6. The van der Waals surface area contributed by atoms with Gasteiger partial charge in [-0.25, -0.2) is 0 Å². The molecule has 0 amide bonds. The van der Waals surface area contributed by atoms with Crippen LogP contribution in [0.15, 0.2) is 36.1 Å². The molecule has 0 unspecified atom stereocenters. The molecule has 1 atom stereocenters. The molecule has 4 rings (SSSR count). The van der Waals surface area contributed by atoms with Crippen LogP contribution in [-0.4, -0.2) is 14.0 Å². The minimum Gasteiger partial charge on any atom is -0.563 e. The molecule has 134 valence electrons. The van der Waals surface area contributed by atoms with E-state index in [9.17, 15) is 0 Å². The topological polar surface area (TPSA) is 18.5 Å². The van der Waals surface area contributed by atoms with Crippen LogP contribution in [0.25, 0.3) is 0 Å². The molecule has 3 heteroatoms. The molecule has 1 aromatic carbocycles. The minimum atomic E-state index is 0.492. The second kappa shape index (κ2) is 7.89. The first-order valence-corrected chi connectivity index (χ1v) is 10.3. The van der Waals surface area contributed by atoms with E-state index in [1.807, 2.05) is 0 Å². The van der Waals surface area contributed by atoms with Crippen molar-refractivity contribution >= 4 is 6.92 Å². The van der Waals surface area contributed by atoms with E-state index in [0.717, 1.165) is 23.8 Å². The van der Waals surface area contributed by atoms with Gasteiger partial charge in [0, 0.05) is 12.3 Å². The Balaban J connectivity index is 1.50. The number of fused-ring (bicyclic) bond motifs is 2. The van der Waals surface area contributed by atoms with E-state index in [4.69, 9.17) is 9.39 Å². The van der Waals surface area contributed by atoms with Gasteiger partial charge in [0.15, 0.2) is 0 Å². The second-order valence-electron chi connectivity index (χ2n) is 8.22. The van der Waals surface area contributed by atoms with E-state index in [1.165, 1.54) is 69.1 Å². The fraction of sp³-hybridized carbons (Fsp3) is 0.636. The number of hydrogen-bond donors (Lipinski definition) is 0. The molecule has 0 aromatic heterocycles. The highest BCUT2D eigenvalue weighted by Crippen LogP contribution is 2.47. The van der Waals surface area contributed by atoms with Crippen molar-refractivity contribution in [1.82, 2.24) is 0 Å². The summed E-state index contributed by atoms with van der Waals surface area (Å²) in [4.78, 5) is 0. The Kier molecular flexibility index (Phi) is 5.38. The maximum absolute atomic E-state index is 6.71. The zero-order valence-electron chi connectivity index (χ0n) is 15.6. The Labute approximate surface area is 153 Å². The van der Waals surface area contributed by atoms with Crippen molar-refractivity contribution in [2.75, 3.05) is 7.11 Å². The number of allylic oxidation sites excluding steroid dienone is 2. The molecule has 2 bridgehead atoms. The fourth-order valence-corrected chi connectivity index (χ4v) is 5.25. The molecule has 0 spiro atoms. The molecule has 0 saturated carbocycles. The summed E-state index contributed by atoms with van der Waals surface area (Å²) < 4.78 is 12.0. The molecule has 2 aliphatic heterocycles. The van der Waals surface area contributed by atoms with E-state index in [-0.39, 0.29) is 0 Å². The second-order valence-corrected chi connectivity index (χ2v) is 8.22. The molecule has 1 aromatic rings. The van der Waals surface area contributed by atoms with Crippen molar-refractivity contribution in [3.63, 3.8) is 0 Å². The Bertz CT molecular complexity index is 573. The number of methoxy groups -OCH3 is 1. The van der Waals surface area contributed by atoms with Crippen LogP contribution in [0.5, 0.6) is 5.75 Å². The van der Waals surface area contributed by atoms with Gasteiger partial charge in [0.05, 0.1) is 12.9 Å². The van der Waals surface area contributed by atoms with Gasteiger partial charge in [-0.05, 0) is 48.2 Å². The third kappa shape index (κ3) is 3.91. The molecule has 0 N–H and O–H groups in total. The van der Waals surface area contributed by atoms with E-state index >= 15 is 0 Å². The Morgan fingerprint density at radius 2 is 1.52 bits per heavy atom. The van der Waals surface area contributed by atoms with Crippen LogP contribution in [0.3, 0.4) is 0 Å². The monoisotopic (exact) mass is 338 g/mol. The molecule has 2 nitrogen and oxygen atoms in total. The van der Waals surface area contributed by atoms with Gasteiger partial charge in [-0.3, -0.25) is 0 Å². The molecule has 3 aliphatic rings. The average Bonchev–Trinajstić information content (AvgIpc) is 2.87. The van der Waals surface area contributed by atoms with E-state index in [2.05, 4.69) is 30.3 Å². The lowest BCUT2D eigenvalue weighted by atomic mass is 9.38. The lowest BCUT2D eigenvalue weighted by molar-refractivity contribution is 0.322. The molecule has 1 aliphatic carbocycles. The van der Waals surface area contributed by atoms with Crippen LogP contribution in [-0.2, 0) is 4.65 Å². The van der Waals surface area contributed by atoms with Gasteiger partial charge in [-0.15, -0.1) is 0 Å². The third-order valence-corrected chi connectivity index (χ3v) is 6.64. The smallest absolute Gasteiger partial charge is 0.363 e. The van der Waals surface area contributed by atoms with E-state index in [0.29, 0.717) is 12.8 Å². The molecule has 2 fully saturated rings. The van der Waals surface area contributed by atoms with Gasteiger partial charge >= 0.3 is 6.92 Å². The quantitative estimate of drug-likeness (QED) is 0.595. The summed E-state index contributed by atoms with van der Waals surface area (Å²) in [5.74, 6) is 4.34. The summed E-state index contributed by atoms with van der Waals surface area (Å²) in [5.41, 5.74) is 1.40. The lowest BCUT2D eigenvalue weighted by Gasteiger charge is -2.39. The van der Waals surface area contributed by atoms with Gasteiger partial charge in [0.2, 0.25) is 0 Å². The van der Waals surface area contributed by atoms with Crippen molar-refractivity contribution < 1.29 is 9.39 Å². The Morgan fingerprint density at radius 1 is 0.840 bits per heavy atom. The summed E-state index contributed by atoms with van der Waals surface area (Å²) in [6, 6.07) is 8.61. The summed E-state index contributed by atoms with van der Waals surface area (Å²) in [5, 5.41) is 0. The molecule has 25 heavy (non-hydrogen) atoms. The largest absolute Gasteiger partial charge is 0.563 e. The average molecular weight is 338 g/mol. The summed E-state index contributed by atoms with van der Waals surface area (Å²) in [6.45, 7) is 0.503. The Hall–Kier alpha value is -1.38. The van der Waals surface area contributed by atoms with Gasteiger partial charge in [-0.2, -0.15) is 0 Å². The summed E-state index contributed by atoms with van der Waals surface area (Å²) in [7, 11) is 1.73. The van der Waals surface area contributed by atoms with Gasteiger partial charge in [0.25, 0.3) is 0 Å². The SMILES string of the molecule is COc1ccc([C@@H]2C=C(OB3C4CCCC3CCC4)CCCC2)cc1. The van der Waals surface area contributed by atoms with Crippen molar-refractivity contribution in [2.45, 2.75) is 81.8 Å². The first kappa shape index (κ1) is 17.1. The van der Waals surface area contributed by atoms with Crippen LogP contribution in [0.1, 0.15) is 75.7 Å². The predicted molar refractivity (Wildman–Crippen MR) is 104 cm³/mol. The maximum Gasteiger partial charge on any atom is 0.363 e. The Morgan fingerprint density at radius 3 is 2.16 bits per heavy atom. The van der Waals surface area contributed by atoms with E-state index in [1.54, 1.807) is 7.11 Å². The predicted octanol–water partition coefficient (Wildman–Crippen LogP) is 6.35. The lowest BCUT2D eigenvalue weighted by Crippen LogP contribution is -2.37. The highest BCUT2D eigenvalue weighted by molar-refractivity contribution is 6.56. The first-order valence-electron chi connectivity index (χ1n) is 10.3. The van der Waals surface area contributed by atoms with Gasteiger partial charge in [0.1, 0.15) is 5.75 Å². The highest BCUT2D eigenvalue weighted by Gasteiger charge is 2.43. The normalized spacial score (nSPS) is 29.6. The van der Waals surface area contributed by atoms with Crippen LogP contribution in [0.4, 0.5) is 0 Å². The van der Waals surface area contributed by atoms with E-state index < -0.39 is 0 Å². The zero-order chi connectivity index (χ0) is 17.1. The minimum absolute atomic E-state index is 0.492. The fourth-order valence-electron chi connectivity index (χ4n) is 5.25. The summed E-state index contributed by atoms with van der Waals surface area (Å²) >= 11 is 0. The van der Waals surface area contributed by atoms with Gasteiger partial charge in [-0.1, -0.05) is 57.1 Å². The standard InChI is InChI=1S/C22H31BO2/c1-24-21-14-12-17(13-15-21)18-6-2-3-11-22(16-18)25-23-19-7-4-8-20(23)10-5-9-19/h12-16,18-20H,2-11H2,1H3/t18-,19?,20?/m0/s1. The van der Waals surface area contributed by atoms with Crippen LogP contribution < -0.4 is 4.74 Å². The number of benzene rings is 1. The summed E-state index contributed by atoms with van der Waals surface area (Å²) in [6.07, 6.45) is 15.7. The molecule has 2 heterocycles. The number of ether oxygens (including phenoxy) is 1. The molecule has 2 saturated heterocycles.